The Bertz CT molecular complexity index is 690. The second-order valence-corrected chi connectivity index (χ2v) is 6.71. The molecule has 0 saturated carbocycles. The highest BCUT2D eigenvalue weighted by atomic mass is 79.9. The molecule has 0 aliphatic rings. The van der Waals surface area contributed by atoms with Crippen LogP contribution in [-0.4, -0.2) is 16.7 Å². The summed E-state index contributed by atoms with van der Waals surface area (Å²) in [6.45, 7) is 0.892. The third-order valence-electron chi connectivity index (χ3n) is 2.86. The van der Waals surface area contributed by atoms with Crippen LogP contribution >= 0.6 is 27.3 Å². The molecule has 0 aliphatic carbocycles. The summed E-state index contributed by atoms with van der Waals surface area (Å²) < 4.78 is 1.18. The Morgan fingerprint density at radius 3 is 2.89 bits per heavy atom. The Morgan fingerprint density at radius 1 is 1.16 bits per heavy atom. The van der Waals surface area contributed by atoms with Crippen molar-refractivity contribution in [2.45, 2.75) is 6.42 Å². The minimum Gasteiger partial charge on any atom is -0.383 e. The van der Waals surface area contributed by atoms with Gasteiger partial charge in [-0.1, -0.05) is 18.2 Å². The van der Waals surface area contributed by atoms with Crippen molar-refractivity contribution in [3.63, 3.8) is 0 Å². The molecule has 2 aromatic heterocycles. The zero-order valence-corrected chi connectivity index (χ0v) is 12.5. The summed E-state index contributed by atoms with van der Waals surface area (Å²) in [4.78, 5) is 1.37. The first-order valence-corrected chi connectivity index (χ1v) is 7.62. The third kappa shape index (κ3) is 2.93. The molecular formula is C14H12BrN3S. The number of fused-ring (bicyclic) bond motifs is 1. The summed E-state index contributed by atoms with van der Waals surface area (Å²) >= 11 is 5.26. The fourth-order valence-electron chi connectivity index (χ4n) is 1.95. The molecule has 0 bridgehead atoms. The number of nitrogens with zero attached hydrogens (tertiary/aromatic N) is 2. The fourth-order valence-corrected chi connectivity index (χ4v) is 3.44. The topological polar surface area (TPSA) is 37.8 Å². The van der Waals surface area contributed by atoms with Gasteiger partial charge in [0.2, 0.25) is 0 Å². The molecule has 0 saturated heterocycles. The Hall–Kier alpha value is -1.46. The van der Waals surface area contributed by atoms with Gasteiger partial charge in [0, 0.05) is 16.8 Å². The van der Waals surface area contributed by atoms with Crippen LogP contribution in [0.3, 0.4) is 0 Å². The molecule has 0 aliphatic heterocycles. The van der Waals surface area contributed by atoms with Crippen molar-refractivity contribution in [3.05, 3.63) is 51.3 Å². The van der Waals surface area contributed by atoms with Gasteiger partial charge >= 0.3 is 0 Å². The minimum absolute atomic E-state index is 0.892. The second-order valence-electron chi connectivity index (χ2n) is 4.16. The molecular weight excluding hydrogens is 322 g/mol. The van der Waals surface area contributed by atoms with E-state index < -0.39 is 0 Å². The van der Waals surface area contributed by atoms with Crippen LogP contribution in [0.5, 0.6) is 0 Å². The first-order chi connectivity index (χ1) is 9.33. The molecule has 0 amide bonds. The Balaban J connectivity index is 1.71. The number of aromatic nitrogens is 2. The van der Waals surface area contributed by atoms with Crippen LogP contribution in [0.1, 0.15) is 4.88 Å². The first-order valence-electron chi connectivity index (χ1n) is 6.01. The van der Waals surface area contributed by atoms with Crippen LogP contribution in [0, 0.1) is 0 Å². The van der Waals surface area contributed by atoms with E-state index in [1.807, 2.05) is 18.2 Å². The number of thiophene rings is 1. The van der Waals surface area contributed by atoms with E-state index in [1.54, 1.807) is 17.5 Å². The molecule has 0 spiro atoms. The average molecular weight is 334 g/mol. The number of benzene rings is 1. The predicted molar refractivity (Wildman–Crippen MR) is 83.8 cm³/mol. The monoisotopic (exact) mass is 333 g/mol. The molecule has 3 aromatic rings. The molecule has 1 aromatic carbocycles. The Labute approximate surface area is 123 Å². The van der Waals surface area contributed by atoms with Crippen LogP contribution in [0.15, 0.2) is 46.4 Å². The smallest absolute Gasteiger partial charge is 0.0950 e. The van der Waals surface area contributed by atoms with E-state index in [4.69, 9.17) is 0 Å². The molecule has 19 heavy (non-hydrogen) atoms. The van der Waals surface area contributed by atoms with E-state index in [-0.39, 0.29) is 0 Å². The molecule has 96 valence electrons. The normalized spacial score (nSPS) is 10.8. The molecule has 3 nitrogen and oxygen atoms in total. The fraction of sp³-hybridized carbons (Fsp3) is 0.143. The van der Waals surface area contributed by atoms with Gasteiger partial charge in [0.15, 0.2) is 0 Å². The number of anilines is 1. The van der Waals surface area contributed by atoms with Gasteiger partial charge in [-0.3, -0.25) is 0 Å². The van der Waals surface area contributed by atoms with Crippen LogP contribution < -0.4 is 5.32 Å². The van der Waals surface area contributed by atoms with Crippen molar-refractivity contribution in [2.24, 2.45) is 0 Å². The summed E-state index contributed by atoms with van der Waals surface area (Å²) in [5.41, 5.74) is 1.97. The highest BCUT2D eigenvalue weighted by Gasteiger charge is 2.02. The van der Waals surface area contributed by atoms with Crippen LogP contribution in [0.2, 0.25) is 0 Å². The number of hydrogen-bond donors (Lipinski definition) is 1. The maximum atomic E-state index is 4.12. The van der Waals surface area contributed by atoms with Gasteiger partial charge in [0.05, 0.1) is 21.2 Å². The molecule has 0 unspecified atom stereocenters. The number of rotatable bonds is 4. The van der Waals surface area contributed by atoms with Gasteiger partial charge < -0.3 is 5.32 Å². The van der Waals surface area contributed by atoms with Crippen LogP contribution in [0.4, 0.5) is 5.69 Å². The van der Waals surface area contributed by atoms with Crippen LogP contribution in [-0.2, 0) is 6.42 Å². The lowest BCUT2D eigenvalue weighted by Gasteiger charge is -2.07. The van der Waals surface area contributed by atoms with Gasteiger partial charge in [-0.2, -0.15) is 10.2 Å². The molecule has 1 N–H and O–H groups in total. The van der Waals surface area contributed by atoms with E-state index in [0.717, 1.165) is 29.6 Å². The molecule has 5 heteroatoms. The number of nitrogens with one attached hydrogen (secondary N) is 1. The lowest BCUT2D eigenvalue weighted by Crippen LogP contribution is -2.05. The molecule has 0 fully saturated rings. The first kappa shape index (κ1) is 12.6. The van der Waals surface area contributed by atoms with E-state index in [9.17, 15) is 0 Å². The van der Waals surface area contributed by atoms with Crippen molar-refractivity contribution in [3.8, 4) is 0 Å². The average Bonchev–Trinajstić information content (AvgIpc) is 2.85. The summed E-state index contributed by atoms with van der Waals surface area (Å²) in [6, 6.07) is 12.3. The second kappa shape index (κ2) is 5.67. The quantitative estimate of drug-likeness (QED) is 0.780. The van der Waals surface area contributed by atoms with Crippen molar-refractivity contribution >= 4 is 43.9 Å². The van der Waals surface area contributed by atoms with E-state index >= 15 is 0 Å². The summed E-state index contributed by atoms with van der Waals surface area (Å²) in [5.74, 6) is 0. The minimum atomic E-state index is 0.892. The molecule has 0 radical (unpaired) electrons. The van der Waals surface area contributed by atoms with Crippen molar-refractivity contribution in [2.75, 3.05) is 11.9 Å². The van der Waals surface area contributed by atoms with Gasteiger partial charge in [-0.25, -0.2) is 0 Å². The Kier molecular flexibility index (Phi) is 3.75. The number of halogens is 1. The lowest BCUT2D eigenvalue weighted by atomic mass is 10.2. The predicted octanol–water partition coefficient (Wildman–Crippen LogP) is 4.11. The van der Waals surface area contributed by atoms with Gasteiger partial charge in [-0.15, -0.1) is 11.3 Å². The summed E-state index contributed by atoms with van der Waals surface area (Å²) in [5, 5.41) is 12.7. The zero-order chi connectivity index (χ0) is 13.1. The SMILES string of the molecule is Brc1ccc(CCNc2cnnc3ccccc23)s1. The molecule has 0 atom stereocenters. The maximum absolute atomic E-state index is 4.12. The van der Waals surface area contributed by atoms with Crippen molar-refractivity contribution in [1.82, 2.24) is 10.2 Å². The molecule has 3 rings (SSSR count). The van der Waals surface area contributed by atoms with E-state index in [2.05, 4.69) is 49.6 Å². The summed E-state index contributed by atoms with van der Waals surface area (Å²) in [7, 11) is 0. The van der Waals surface area contributed by atoms with Gasteiger partial charge in [-0.05, 0) is 40.5 Å². The van der Waals surface area contributed by atoms with Gasteiger partial charge in [0.25, 0.3) is 0 Å². The zero-order valence-electron chi connectivity index (χ0n) is 10.1. The van der Waals surface area contributed by atoms with Crippen molar-refractivity contribution in [1.29, 1.82) is 0 Å². The van der Waals surface area contributed by atoms with Crippen LogP contribution in [0.25, 0.3) is 10.9 Å². The lowest BCUT2D eigenvalue weighted by molar-refractivity contribution is 1.03. The molecule has 2 heterocycles. The largest absolute Gasteiger partial charge is 0.383 e. The van der Waals surface area contributed by atoms with Crippen molar-refractivity contribution < 1.29 is 0 Å². The highest BCUT2D eigenvalue weighted by Crippen LogP contribution is 2.23. The standard InChI is InChI=1S/C14H12BrN3S/c15-14-6-5-10(19-14)7-8-16-13-9-17-18-12-4-2-1-3-11(12)13/h1-6,9H,7-8H2,(H,16,18). The van der Waals surface area contributed by atoms with Gasteiger partial charge in [0.1, 0.15) is 0 Å². The third-order valence-corrected chi connectivity index (χ3v) is 4.55. The number of hydrogen-bond acceptors (Lipinski definition) is 4. The maximum Gasteiger partial charge on any atom is 0.0950 e. The highest BCUT2D eigenvalue weighted by molar-refractivity contribution is 9.11. The van der Waals surface area contributed by atoms with E-state index in [0.29, 0.717) is 0 Å². The van der Waals surface area contributed by atoms with E-state index in [1.165, 1.54) is 8.66 Å². The Morgan fingerprint density at radius 2 is 2.05 bits per heavy atom. The summed E-state index contributed by atoms with van der Waals surface area (Å²) in [6.07, 6.45) is 2.79.